The van der Waals surface area contributed by atoms with Gasteiger partial charge in [-0.3, -0.25) is 4.79 Å². The van der Waals surface area contributed by atoms with Crippen LogP contribution in [0.3, 0.4) is 0 Å². The smallest absolute Gasteiger partial charge is 0.254 e. The normalized spacial score (nSPS) is 11.6. The number of carbonyl (C=O) groups is 1. The monoisotopic (exact) mass is 317 g/mol. The number of nitrogens with one attached hydrogen (secondary N) is 1. The summed E-state index contributed by atoms with van der Waals surface area (Å²) >= 11 is 3.14. The molecule has 0 spiro atoms. The van der Waals surface area contributed by atoms with Gasteiger partial charge in [-0.1, -0.05) is 26.7 Å². The minimum atomic E-state index is -0.805. The van der Waals surface area contributed by atoms with Crippen LogP contribution in [0.1, 0.15) is 49.9 Å². The first-order valence-electron chi connectivity index (χ1n) is 6.25. The summed E-state index contributed by atoms with van der Waals surface area (Å²) in [6.45, 7) is 4.32. The summed E-state index contributed by atoms with van der Waals surface area (Å²) < 4.78 is 5.52. The van der Waals surface area contributed by atoms with E-state index in [0.717, 1.165) is 12.8 Å². The molecular formula is C13H20BrNO3. The molecule has 0 fully saturated rings. The number of aliphatic hydroxyl groups is 1. The fourth-order valence-electron chi connectivity index (χ4n) is 2.01. The van der Waals surface area contributed by atoms with E-state index >= 15 is 0 Å². The highest BCUT2D eigenvalue weighted by Gasteiger charge is 2.25. The molecule has 2 N–H and O–H groups in total. The molecule has 4 nitrogen and oxygen atoms in total. The summed E-state index contributed by atoms with van der Waals surface area (Å²) in [6.07, 6.45) is 4.55. The van der Waals surface area contributed by atoms with Crippen molar-refractivity contribution in [3.8, 4) is 0 Å². The van der Waals surface area contributed by atoms with Crippen molar-refractivity contribution in [3.05, 3.63) is 22.6 Å². The summed E-state index contributed by atoms with van der Waals surface area (Å²) in [4.78, 5) is 11.8. The molecule has 1 rings (SSSR count). The second-order valence-corrected chi connectivity index (χ2v) is 5.33. The predicted octanol–water partition coefficient (Wildman–Crippen LogP) is 3.10. The van der Waals surface area contributed by atoms with E-state index in [1.165, 1.54) is 6.26 Å². The van der Waals surface area contributed by atoms with Crippen LogP contribution in [0.15, 0.2) is 21.4 Å². The van der Waals surface area contributed by atoms with Crippen molar-refractivity contribution >= 4 is 21.8 Å². The van der Waals surface area contributed by atoms with Gasteiger partial charge in [0.05, 0.1) is 11.2 Å². The van der Waals surface area contributed by atoms with Gasteiger partial charge >= 0.3 is 0 Å². The van der Waals surface area contributed by atoms with Gasteiger partial charge in [0.15, 0.2) is 4.67 Å². The van der Waals surface area contributed by atoms with Crippen molar-refractivity contribution in [2.24, 2.45) is 0 Å². The first-order chi connectivity index (χ1) is 8.50. The number of rotatable bonds is 7. The summed E-state index contributed by atoms with van der Waals surface area (Å²) in [5.74, 6) is -0.227. The van der Waals surface area contributed by atoms with Gasteiger partial charge in [0.25, 0.3) is 5.91 Å². The minimum Gasteiger partial charge on any atom is -0.457 e. The van der Waals surface area contributed by atoms with Crippen molar-refractivity contribution in [2.75, 3.05) is 6.54 Å². The fraction of sp³-hybridized carbons (Fsp3) is 0.615. The molecule has 0 aliphatic heterocycles. The lowest BCUT2D eigenvalue weighted by molar-refractivity contribution is 0.0213. The second-order valence-electron chi connectivity index (χ2n) is 4.55. The van der Waals surface area contributed by atoms with E-state index in [1.54, 1.807) is 6.07 Å². The van der Waals surface area contributed by atoms with Crippen LogP contribution in [-0.4, -0.2) is 23.2 Å². The maximum absolute atomic E-state index is 11.8. The number of hydrogen-bond acceptors (Lipinski definition) is 3. The van der Waals surface area contributed by atoms with Crippen LogP contribution in [0.4, 0.5) is 0 Å². The zero-order chi connectivity index (χ0) is 13.6. The van der Waals surface area contributed by atoms with Gasteiger partial charge in [0, 0.05) is 12.6 Å². The van der Waals surface area contributed by atoms with Gasteiger partial charge in [-0.05, 0) is 28.8 Å². The van der Waals surface area contributed by atoms with E-state index in [2.05, 4.69) is 21.2 Å². The molecule has 0 atom stereocenters. The molecule has 1 amide bonds. The van der Waals surface area contributed by atoms with Crippen molar-refractivity contribution in [1.29, 1.82) is 0 Å². The summed E-state index contributed by atoms with van der Waals surface area (Å²) in [5.41, 5.74) is -0.350. The third-order valence-electron chi connectivity index (χ3n) is 2.84. The molecule has 0 bridgehead atoms. The Kier molecular flexibility index (Phi) is 5.88. The van der Waals surface area contributed by atoms with E-state index in [9.17, 15) is 9.90 Å². The molecule has 1 aromatic rings. The van der Waals surface area contributed by atoms with Gasteiger partial charge in [-0.15, -0.1) is 0 Å². The molecular weight excluding hydrogens is 298 g/mol. The predicted molar refractivity (Wildman–Crippen MR) is 73.5 cm³/mol. The van der Waals surface area contributed by atoms with Crippen molar-refractivity contribution in [3.63, 3.8) is 0 Å². The molecule has 0 radical (unpaired) electrons. The van der Waals surface area contributed by atoms with Gasteiger partial charge in [-0.25, -0.2) is 0 Å². The van der Waals surface area contributed by atoms with Gasteiger partial charge in [0.2, 0.25) is 0 Å². The number of halogens is 1. The van der Waals surface area contributed by atoms with E-state index in [-0.39, 0.29) is 12.5 Å². The second kappa shape index (κ2) is 6.95. The largest absolute Gasteiger partial charge is 0.457 e. The quantitative estimate of drug-likeness (QED) is 0.812. The van der Waals surface area contributed by atoms with Gasteiger partial charge in [0.1, 0.15) is 6.26 Å². The van der Waals surface area contributed by atoms with Crippen LogP contribution in [0.5, 0.6) is 0 Å². The Morgan fingerprint density at radius 2 is 2.06 bits per heavy atom. The Bertz CT molecular complexity index is 383. The summed E-state index contributed by atoms with van der Waals surface area (Å²) in [7, 11) is 0. The van der Waals surface area contributed by atoms with Gasteiger partial charge < -0.3 is 14.8 Å². The maximum atomic E-state index is 11.8. The molecule has 0 aromatic carbocycles. The maximum Gasteiger partial charge on any atom is 0.254 e. The topological polar surface area (TPSA) is 62.5 Å². The highest BCUT2D eigenvalue weighted by atomic mass is 79.9. The first kappa shape index (κ1) is 15.2. The Balaban J connectivity index is 2.54. The molecule has 0 unspecified atom stereocenters. The van der Waals surface area contributed by atoms with Crippen molar-refractivity contribution in [2.45, 2.75) is 45.1 Å². The zero-order valence-corrected chi connectivity index (χ0v) is 12.4. The molecule has 18 heavy (non-hydrogen) atoms. The molecule has 0 aliphatic rings. The highest BCUT2D eigenvalue weighted by Crippen LogP contribution is 2.19. The van der Waals surface area contributed by atoms with Crippen LogP contribution in [-0.2, 0) is 0 Å². The highest BCUT2D eigenvalue weighted by molar-refractivity contribution is 9.10. The molecule has 0 saturated heterocycles. The SMILES string of the molecule is CCCC(O)(CCC)CNC(=O)c1coc(Br)c1. The minimum absolute atomic E-state index is 0.227. The van der Waals surface area contributed by atoms with Gasteiger partial charge in [-0.2, -0.15) is 0 Å². The standard InChI is InChI=1S/C13H20BrNO3/c1-3-5-13(17,6-4-2)9-15-12(16)10-7-11(14)18-8-10/h7-8,17H,3-6,9H2,1-2H3,(H,15,16). The number of hydrogen-bond donors (Lipinski definition) is 2. The molecule has 0 aliphatic carbocycles. The number of amides is 1. The molecule has 0 saturated carbocycles. The molecule has 1 aromatic heterocycles. The lowest BCUT2D eigenvalue weighted by Gasteiger charge is -2.27. The van der Waals surface area contributed by atoms with Crippen LogP contribution < -0.4 is 5.32 Å². The van der Waals surface area contributed by atoms with Crippen molar-refractivity contribution in [1.82, 2.24) is 5.32 Å². The average Bonchev–Trinajstić information content (AvgIpc) is 2.74. The summed E-state index contributed by atoms with van der Waals surface area (Å²) in [5, 5.41) is 13.1. The zero-order valence-electron chi connectivity index (χ0n) is 10.8. The Labute approximate surface area is 116 Å². The first-order valence-corrected chi connectivity index (χ1v) is 7.04. The van der Waals surface area contributed by atoms with E-state index in [4.69, 9.17) is 4.42 Å². The third kappa shape index (κ3) is 4.46. The van der Waals surface area contributed by atoms with E-state index in [0.29, 0.717) is 23.1 Å². The Hall–Kier alpha value is -0.810. The fourth-order valence-corrected chi connectivity index (χ4v) is 2.35. The molecule has 102 valence electrons. The van der Waals surface area contributed by atoms with Crippen LogP contribution in [0, 0.1) is 0 Å². The van der Waals surface area contributed by atoms with E-state index < -0.39 is 5.60 Å². The average molecular weight is 318 g/mol. The molecule has 1 heterocycles. The lowest BCUT2D eigenvalue weighted by atomic mass is 9.92. The molecule has 5 heteroatoms. The van der Waals surface area contributed by atoms with Crippen LogP contribution in [0.2, 0.25) is 0 Å². The van der Waals surface area contributed by atoms with Crippen LogP contribution >= 0.6 is 15.9 Å². The Morgan fingerprint density at radius 1 is 1.44 bits per heavy atom. The van der Waals surface area contributed by atoms with Crippen LogP contribution in [0.25, 0.3) is 0 Å². The Morgan fingerprint density at radius 3 is 2.50 bits per heavy atom. The lowest BCUT2D eigenvalue weighted by Crippen LogP contribution is -2.42. The number of carbonyl (C=O) groups excluding carboxylic acids is 1. The summed E-state index contributed by atoms with van der Waals surface area (Å²) in [6, 6.07) is 1.61. The van der Waals surface area contributed by atoms with Crippen molar-refractivity contribution < 1.29 is 14.3 Å². The number of furan rings is 1. The van der Waals surface area contributed by atoms with E-state index in [1.807, 2.05) is 13.8 Å². The third-order valence-corrected chi connectivity index (χ3v) is 3.25.